The molecule has 0 bridgehead atoms. The average Bonchev–Trinajstić information content (AvgIpc) is 2.22. The number of aliphatic hydroxyl groups excluding tert-OH is 3. The topological polar surface area (TPSA) is 124 Å². The first-order chi connectivity index (χ1) is 7.31. The van der Waals surface area contributed by atoms with Crippen LogP contribution in [-0.2, 0) is 14.3 Å². The van der Waals surface area contributed by atoms with Crippen LogP contribution in [0.5, 0.6) is 0 Å². The number of carbonyl (C=O) groups is 2. The van der Waals surface area contributed by atoms with Crippen molar-refractivity contribution in [2.45, 2.75) is 44.4 Å². The molecule has 0 saturated heterocycles. The third-order valence-electron chi connectivity index (χ3n) is 2.02. The van der Waals surface area contributed by atoms with Crippen molar-refractivity contribution < 1.29 is 34.8 Å². The fraction of sp³-hybridized carbons (Fsp3) is 0.778. The van der Waals surface area contributed by atoms with Gasteiger partial charge in [0.15, 0.2) is 12.4 Å². The molecule has 1 unspecified atom stereocenters. The predicted octanol–water partition coefficient (Wildman–Crippen LogP) is -1.85. The van der Waals surface area contributed by atoms with Gasteiger partial charge in [0.1, 0.15) is 18.3 Å². The maximum Gasteiger partial charge on any atom is 0.332 e. The van der Waals surface area contributed by atoms with E-state index < -0.39 is 36.5 Å². The number of aliphatic carboxylic acids is 1. The van der Waals surface area contributed by atoms with E-state index in [1.807, 2.05) is 0 Å². The van der Waals surface area contributed by atoms with Gasteiger partial charge in [-0.25, -0.2) is 4.79 Å². The Bertz CT molecular complexity index is 240. The van der Waals surface area contributed by atoms with Crippen molar-refractivity contribution in [2.75, 3.05) is 0 Å². The zero-order valence-electron chi connectivity index (χ0n) is 8.98. The van der Waals surface area contributed by atoms with Crippen molar-refractivity contribution in [1.82, 2.24) is 0 Å². The summed E-state index contributed by atoms with van der Waals surface area (Å²) in [4.78, 5) is 21.0. The molecule has 0 spiro atoms. The molecule has 16 heavy (non-hydrogen) atoms. The molecule has 0 fully saturated rings. The first-order valence-electron chi connectivity index (χ1n) is 4.69. The predicted molar refractivity (Wildman–Crippen MR) is 51.7 cm³/mol. The summed E-state index contributed by atoms with van der Waals surface area (Å²) in [7, 11) is 0. The minimum atomic E-state index is -1.68. The Kier molecular flexibility index (Phi) is 6.12. The number of carboxylic acids is 1. The standard InChI is InChI=1S/C9H16O7/c1-4(11)7(12)8(13)6(3-10)16-5(2)9(14)15/h3-8,11-13H,1-2H3,(H,14,15)/t4-,5?,6-,7-,8-/m1/s1. The minimum absolute atomic E-state index is 0.176. The van der Waals surface area contributed by atoms with E-state index in [0.29, 0.717) is 0 Å². The van der Waals surface area contributed by atoms with Crippen LogP contribution in [0.15, 0.2) is 0 Å². The van der Waals surface area contributed by atoms with Gasteiger partial charge in [-0.3, -0.25) is 0 Å². The summed E-state index contributed by atoms with van der Waals surface area (Å²) in [5.41, 5.74) is 0. The van der Waals surface area contributed by atoms with Crippen LogP contribution in [0.1, 0.15) is 13.8 Å². The van der Waals surface area contributed by atoms with Crippen LogP contribution in [0.25, 0.3) is 0 Å². The van der Waals surface area contributed by atoms with E-state index in [-0.39, 0.29) is 6.29 Å². The maximum atomic E-state index is 10.6. The molecule has 0 radical (unpaired) electrons. The Hall–Kier alpha value is -1.02. The Morgan fingerprint density at radius 1 is 1.19 bits per heavy atom. The smallest absolute Gasteiger partial charge is 0.332 e. The molecule has 94 valence electrons. The van der Waals surface area contributed by atoms with Gasteiger partial charge in [0, 0.05) is 0 Å². The van der Waals surface area contributed by atoms with E-state index in [4.69, 9.17) is 14.9 Å². The number of rotatable bonds is 7. The highest BCUT2D eigenvalue weighted by Crippen LogP contribution is 2.09. The normalized spacial score (nSPS) is 20.6. The van der Waals surface area contributed by atoms with Crippen LogP contribution >= 0.6 is 0 Å². The lowest BCUT2D eigenvalue weighted by atomic mass is 10.0. The number of hydrogen-bond acceptors (Lipinski definition) is 6. The minimum Gasteiger partial charge on any atom is -0.479 e. The van der Waals surface area contributed by atoms with E-state index >= 15 is 0 Å². The summed E-state index contributed by atoms with van der Waals surface area (Å²) in [6.45, 7) is 2.40. The first-order valence-corrected chi connectivity index (χ1v) is 4.69. The van der Waals surface area contributed by atoms with Crippen LogP contribution < -0.4 is 0 Å². The van der Waals surface area contributed by atoms with Crippen LogP contribution in [0.3, 0.4) is 0 Å². The largest absolute Gasteiger partial charge is 0.479 e. The second-order valence-corrected chi connectivity index (χ2v) is 3.44. The van der Waals surface area contributed by atoms with Crippen LogP contribution in [0, 0.1) is 0 Å². The second kappa shape index (κ2) is 6.54. The molecular weight excluding hydrogens is 220 g/mol. The number of carboxylic acid groups (broad SMARTS) is 1. The number of carbonyl (C=O) groups excluding carboxylic acids is 1. The number of aldehydes is 1. The fourth-order valence-electron chi connectivity index (χ4n) is 0.967. The van der Waals surface area contributed by atoms with Gasteiger partial charge in [-0.1, -0.05) is 0 Å². The highest BCUT2D eigenvalue weighted by Gasteiger charge is 2.32. The molecule has 0 aliphatic rings. The van der Waals surface area contributed by atoms with Gasteiger partial charge in [0.25, 0.3) is 0 Å². The number of aliphatic hydroxyl groups is 3. The molecular formula is C9H16O7. The second-order valence-electron chi connectivity index (χ2n) is 3.44. The van der Waals surface area contributed by atoms with Crippen LogP contribution in [0.4, 0.5) is 0 Å². The average molecular weight is 236 g/mol. The van der Waals surface area contributed by atoms with Gasteiger partial charge >= 0.3 is 5.97 Å². The molecule has 4 N–H and O–H groups in total. The van der Waals surface area contributed by atoms with Crippen molar-refractivity contribution in [1.29, 1.82) is 0 Å². The van der Waals surface area contributed by atoms with Crippen molar-refractivity contribution in [3.63, 3.8) is 0 Å². The molecule has 0 rings (SSSR count). The van der Waals surface area contributed by atoms with Gasteiger partial charge in [-0.2, -0.15) is 0 Å². The van der Waals surface area contributed by atoms with Gasteiger partial charge in [0.05, 0.1) is 6.10 Å². The molecule has 0 aliphatic heterocycles. The SMILES string of the molecule is CC(O[C@H](C=O)[C@@H](O)[C@H](O)[C@@H](C)O)C(=O)O. The van der Waals surface area contributed by atoms with Gasteiger partial charge in [-0.05, 0) is 13.8 Å². The Labute approximate surface area is 92.3 Å². The number of ether oxygens (including phenoxy) is 1. The van der Waals surface area contributed by atoms with Crippen molar-refractivity contribution in [2.24, 2.45) is 0 Å². The Morgan fingerprint density at radius 2 is 1.69 bits per heavy atom. The summed E-state index contributed by atoms with van der Waals surface area (Å²) >= 11 is 0. The van der Waals surface area contributed by atoms with Crippen molar-refractivity contribution >= 4 is 12.3 Å². The molecule has 0 heterocycles. The Morgan fingerprint density at radius 3 is 2.00 bits per heavy atom. The lowest BCUT2D eigenvalue weighted by molar-refractivity contribution is -0.167. The lowest BCUT2D eigenvalue weighted by Gasteiger charge is -2.25. The molecule has 7 heteroatoms. The van der Waals surface area contributed by atoms with Gasteiger partial charge in [-0.15, -0.1) is 0 Å². The van der Waals surface area contributed by atoms with Crippen LogP contribution in [0.2, 0.25) is 0 Å². The third-order valence-corrected chi connectivity index (χ3v) is 2.02. The third kappa shape index (κ3) is 4.23. The first kappa shape index (κ1) is 15.0. The molecule has 0 amide bonds. The molecule has 7 nitrogen and oxygen atoms in total. The van der Waals surface area contributed by atoms with Gasteiger partial charge in [0.2, 0.25) is 0 Å². The molecule has 0 aromatic rings. The van der Waals surface area contributed by atoms with E-state index in [1.165, 1.54) is 13.8 Å². The van der Waals surface area contributed by atoms with E-state index in [0.717, 1.165) is 0 Å². The maximum absolute atomic E-state index is 10.6. The molecule has 0 saturated carbocycles. The summed E-state index contributed by atoms with van der Waals surface area (Å²) in [5.74, 6) is -1.30. The summed E-state index contributed by atoms with van der Waals surface area (Å²) in [6, 6.07) is 0. The Balaban J connectivity index is 4.49. The monoisotopic (exact) mass is 236 g/mol. The molecule has 5 atom stereocenters. The summed E-state index contributed by atoms with van der Waals surface area (Å²) in [5, 5.41) is 36.2. The van der Waals surface area contributed by atoms with Crippen molar-refractivity contribution in [3.05, 3.63) is 0 Å². The van der Waals surface area contributed by atoms with E-state index in [2.05, 4.69) is 0 Å². The van der Waals surface area contributed by atoms with Gasteiger partial charge < -0.3 is 30.0 Å². The highest BCUT2D eigenvalue weighted by atomic mass is 16.5. The summed E-state index contributed by atoms with van der Waals surface area (Å²) in [6.07, 6.45) is -7.16. The lowest BCUT2D eigenvalue weighted by Crippen LogP contribution is -2.47. The van der Waals surface area contributed by atoms with Crippen molar-refractivity contribution in [3.8, 4) is 0 Å². The summed E-state index contributed by atoms with van der Waals surface area (Å²) < 4.78 is 4.71. The number of hydrogen-bond donors (Lipinski definition) is 4. The highest BCUT2D eigenvalue weighted by molar-refractivity contribution is 5.72. The quantitative estimate of drug-likeness (QED) is 0.382. The zero-order valence-corrected chi connectivity index (χ0v) is 8.98. The zero-order chi connectivity index (χ0) is 12.9. The van der Waals surface area contributed by atoms with Crippen LogP contribution in [-0.4, -0.2) is 63.2 Å². The van der Waals surface area contributed by atoms with E-state index in [9.17, 15) is 19.8 Å². The molecule has 0 aromatic heterocycles. The van der Waals surface area contributed by atoms with E-state index in [1.54, 1.807) is 0 Å². The molecule has 0 aromatic carbocycles. The molecule has 0 aliphatic carbocycles. The fourth-order valence-corrected chi connectivity index (χ4v) is 0.967.